The summed E-state index contributed by atoms with van der Waals surface area (Å²) in [5, 5.41) is 6.30. The van der Waals surface area contributed by atoms with Crippen LogP contribution >= 0.6 is 11.6 Å². The Morgan fingerprint density at radius 1 is 1.33 bits per heavy atom. The van der Waals surface area contributed by atoms with Crippen molar-refractivity contribution in [1.29, 1.82) is 0 Å². The largest absolute Gasteiger partial charge is 0.370 e. The van der Waals surface area contributed by atoms with Crippen molar-refractivity contribution in [2.45, 2.75) is 20.8 Å². The molecule has 1 aromatic heterocycles. The molecule has 4 nitrogen and oxygen atoms in total. The van der Waals surface area contributed by atoms with Crippen LogP contribution in [0.2, 0.25) is 5.02 Å². The number of nitrogens with one attached hydrogen (secondary N) is 2. The average Bonchev–Trinajstić information content (AvgIpc) is 2.46. The summed E-state index contributed by atoms with van der Waals surface area (Å²) in [6, 6.07) is 7.46. The average molecular weight is 304 g/mol. The van der Waals surface area contributed by atoms with Crippen molar-refractivity contribution in [3.05, 3.63) is 52.2 Å². The summed E-state index contributed by atoms with van der Waals surface area (Å²) in [5.41, 5.74) is 3.37. The van der Waals surface area contributed by atoms with E-state index in [4.69, 9.17) is 11.6 Å². The molecule has 0 aliphatic carbocycles. The van der Waals surface area contributed by atoms with Crippen LogP contribution in [0.5, 0.6) is 0 Å². The number of hydrogen-bond donors (Lipinski definition) is 2. The van der Waals surface area contributed by atoms with E-state index in [0.29, 0.717) is 16.4 Å². The second kappa shape index (κ2) is 6.59. The third-order valence-electron chi connectivity index (χ3n) is 3.31. The zero-order chi connectivity index (χ0) is 15.4. The predicted molar refractivity (Wildman–Crippen MR) is 87.3 cm³/mol. The van der Waals surface area contributed by atoms with Gasteiger partial charge in [0, 0.05) is 18.4 Å². The number of carbonyl (C=O) groups excluding carboxylic acids is 1. The molecule has 21 heavy (non-hydrogen) atoms. The lowest BCUT2D eigenvalue weighted by Gasteiger charge is -2.12. The number of anilines is 2. The maximum atomic E-state index is 12.4. The maximum Gasteiger partial charge on any atom is 0.257 e. The normalized spacial score (nSPS) is 10.3. The van der Waals surface area contributed by atoms with E-state index >= 15 is 0 Å². The molecule has 0 bridgehead atoms. The molecular weight excluding hydrogens is 286 g/mol. The number of hydrogen-bond acceptors (Lipinski definition) is 3. The molecule has 0 atom stereocenters. The lowest BCUT2D eigenvalue weighted by atomic mass is 10.1. The summed E-state index contributed by atoms with van der Waals surface area (Å²) >= 11 is 6.08. The van der Waals surface area contributed by atoms with Gasteiger partial charge in [0.25, 0.3) is 5.91 Å². The minimum atomic E-state index is -0.241. The molecular formula is C16H18ClN3O. The Morgan fingerprint density at radius 2 is 2.10 bits per heavy atom. The van der Waals surface area contributed by atoms with Crippen molar-refractivity contribution in [3.8, 4) is 0 Å². The van der Waals surface area contributed by atoms with E-state index in [9.17, 15) is 4.79 Å². The van der Waals surface area contributed by atoms with Gasteiger partial charge in [-0.05, 0) is 44.0 Å². The highest BCUT2D eigenvalue weighted by molar-refractivity contribution is 6.34. The zero-order valence-electron chi connectivity index (χ0n) is 12.3. The molecule has 2 rings (SSSR count). The number of nitrogens with zero attached hydrogens (tertiary/aromatic N) is 1. The molecule has 1 aromatic carbocycles. The van der Waals surface area contributed by atoms with Gasteiger partial charge in [-0.3, -0.25) is 4.79 Å². The second-order valence-corrected chi connectivity index (χ2v) is 5.19. The van der Waals surface area contributed by atoms with Crippen molar-refractivity contribution < 1.29 is 4.79 Å². The van der Waals surface area contributed by atoms with Crippen LogP contribution in [0.15, 0.2) is 30.5 Å². The van der Waals surface area contributed by atoms with Crippen LogP contribution in [0.4, 0.5) is 11.5 Å². The first-order valence-corrected chi connectivity index (χ1v) is 7.17. The molecule has 2 N–H and O–H groups in total. The molecule has 0 fully saturated rings. The first-order valence-electron chi connectivity index (χ1n) is 6.80. The summed E-state index contributed by atoms with van der Waals surface area (Å²) in [5.74, 6) is 0.392. The maximum absolute atomic E-state index is 12.4. The van der Waals surface area contributed by atoms with Gasteiger partial charge < -0.3 is 10.6 Å². The summed E-state index contributed by atoms with van der Waals surface area (Å²) in [4.78, 5) is 16.5. The number of carbonyl (C=O) groups is 1. The van der Waals surface area contributed by atoms with Crippen LogP contribution in [0.1, 0.15) is 28.4 Å². The summed E-state index contributed by atoms with van der Waals surface area (Å²) in [6.07, 6.45) is 1.48. The Kier molecular flexibility index (Phi) is 4.81. The van der Waals surface area contributed by atoms with Crippen LogP contribution in [0.25, 0.3) is 0 Å². The Bertz CT molecular complexity index is 671. The minimum Gasteiger partial charge on any atom is -0.370 e. The van der Waals surface area contributed by atoms with Crippen LogP contribution in [-0.4, -0.2) is 17.4 Å². The lowest BCUT2D eigenvalue weighted by molar-refractivity contribution is 0.102. The van der Waals surface area contributed by atoms with Crippen LogP contribution in [-0.2, 0) is 0 Å². The summed E-state index contributed by atoms with van der Waals surface area (Å²) < 4.78 is 0. The number of amides is 1. The first kappa shape index (κ1) is 15.3. The SMILES string of the molecule is CCNc1cc(C(=O)Nc2cccc(C)c2C)c(Cl)cn1. The molecule has 0 aliphatic rings. The quantitative estimate of drug-likeness (QED) is 0.896. The van der Waals surface area contributed by atoms with Crippen molar-refractivity contribution in [2.24, 2.45) is 0 Å². The minimum absolute atomic E-state index is 0.241. The zero-order valence-corrected chi connectivity index (χ0v) is 13.1. The van der Waals surface area contributed by atoms with Gasteiger partial charge in [-0.2, -0.15) is 0 Å². The first-order chi connectivity index (χ1) is 10.0. The number of halogens is 1. The highest BCUT2D eigenvalue weighted by Crippen LogP contribution is 2.22. The molecule has 0 unspecified atom stereocenters. The Morgan fingerprint density at radius 3 is 2.81 bits per heavy atom. The van der Waals surface area contributed by atoms with Crippen molar-refractivity contribution in [1.82, 2.24) is 4.98 Å². The van der Waals surface area contributed by atoms with E-state index in [2.05, 4.69) is 15.6 Å². The van der Waals surface area contributed by atoms with Crippen molar-refractivity contribution >= 4 is 29.0 Å². The summed E-state index contributed by atoms with van der Waals surface area (Å²) in [7, 11) is 0. The third kappa shape index (κ3) is 3.52. The van der Waals surface area contributed by atoms with E-state index in [0.717, 1.165) is 23.4 Å². The van der Waals surface area contributed by atoms with Gasteiger partial charge in [0.15, 0.2) is 0 Å². The van der Waals surface area contributed by atoms with Crippen LogP contribution < -0.4 is 10.6 Å². The van der Waals surface area contributed by atoms with Crippen molar-refractivity contribution in [3.63, 3.8) is 0 Å². The number of rotatable bonds is 4. The molecule has 110 valence electrons. The highest BCUT2D eigenvalue weighted by Gasteiger charge is 2.13. The third-order valence-corrected chi connectivity index (χ3v) is 3.61. The molecule has 0 saturated heterocycles. The van der Waals surface area contributed by atoms with E-state index in [1.54, 1.807) is 6.07 Å². The molecule has 0 spiro atoms. The smallest absolute Gasteiger partial charge is 0.257 e. The molecule has 5 heteroatoms. The number of benzene rings is 1. The van der Waals surface area contributed by atoms with Gasteiger partial charge in [-0.1, -0.05) is 23.7 Å². The topological polar surface area (TPSA) is 54.0 Å². The van der Waals surface area contributed by atoms with E-state index < -0.39 is 0 Å². The fourth-order valence-electron chi connectivity index (χ4n) is 1.97. The van der Waals surface area contributed by atoms with Gasteiger partial charge in [-0.25, -0.2) is 4.98 Å². The molecule has 0 radical (unpaired) electrons. The second-order valence-electron chi connectivity index (χ2n) is 4.78. The molecule has 0 aliphatic heterocycles. The Labute approximate surface area is 129 Å². The van der Waals surface area contributed by atoms with Gasteiger partial charge >= 0.3 is 0 Å². The molecule has 1 amide bonds. The van der Waals surface area contributed by atoms with Gasteiger partial charge in [0.05, 0.1) is 10.6 Å². The van der Waals surface area contributed by atoms with Crippen LogP contribution in [0, 0.1) is 13.8 Å². The fraction of sp³-hybridized carbons (Fsp3) is 0.250. The number of aromatic nitrogens is 1. The van der Waals surface area contributed by atoms with E-state index in [1.165, 1.54) is 6.20 Å². The lowest BCUT2D eigenvalue weighted by Crippen LogP contribution is -2.14. The Hall–Kier alpha value is -2.07. The summed E-state index contributed by atoms with van der Waals surface area (Å²) in [6.45, 7) is 6.68. The predicted octanol–water partition coefficient (Wildman–Crippen LogP) is 4.04. The van der Waals surface area contributed by atoms with Gasteiger partial charge in [0.2, 0.25) is 0 Å². The molecule has 0 saturated carbocycles. The number of pyridine rings is 1. The van der Waals surface area contributed by atoms with Gasteiger partial charge in [-0.15, -0.1) is 0 Å². The standard InChI is InChI=1S/C16H18ClN3O/c1-4-18-15-8-12(13(17)9-19-15)16(21)20-14-7-5-6-10(2)11(14)3/h5-9H,4H2,1-3H3,(H,18,19)(H,20,21). The van der Waals surface area contributed by atoms with Crippen LogP contribution in [0.3, 0.4) is 0 Å². The molecule has 1 heterocycles. The van der Waals surface area contributed by atoms with E-state index in [-0.39, 0.29) is 5.91 Å². The molecule has 2 aromatic rings. The van der Waals surface area contributed by atoms with E-state index in [1.807, 2.05) is 39.0 Å². The fourth-order valence-corrected chi connectivity index (χ4v) is 2.16. The van der Waals surface area contributed by atoms with Crippen molar-refractivity contribution in [2.75, 3.05) is 17.2 Å². The van der Waals surface area contributed by atoms with Gasteiger partial charge in [0.1, 0.15) is 5.82 Å². The Balaban J connectivity index is 2.28. The monoisotopic (exact) mass is 303 g/mol. The highest BCUT2D eigenvalue weighted by atomic mass is 35.5. The number of aryl methyl sites for hydroxylation is 1.